The molecular weight excluding hydrogens is 496 g/mol. The van der Waals surface area contributed by atoms with Gasteiger partial charge in [-0.05, 0) is 30.2 Å². The largest absolute Gasteiger partial charge is 0.314 e. The quantitative estimate of drug-likeness (QED) is 0.608. The molecule has 9 heteroatoms. The van der Waals surface area contributed by atoms with Crippen LogP contribution in [0.4, 0.5) is 5.69 Å². The maximum Gasteiger partial charge on any atom is 0.248 e. The van der Waals surface area contributed by atoms with E-state index < -0.39 is 9.84 Å². The number of anilines is 1. The summed E-state index contributed by atoms with van der Waals surface area (Å²) in [5.41, 5.74) is 1.75. The number of amides is 1. The molecule has 0 aliphatic carbocycles. The van der Waals surface area contributed by atoms with Gasteiger partial charge >= 0.3 is 0 Å². The van der Waals surface area contributed by atoms with E-state index in [0.717, 1.165) is 10.0 Å². The summed E-state index contributed by atoms with van der Waals surface area (Å²) >= 11 is 11.2. The Kier molecular flexibility index (Phi) is 6.06. The topological polar surface area (TPSA) is 66.8 Å². The number of thioether (sulfide) groups is 1. The average molecular weight is 514 g/mol. The molecule has 0 spiro atoms. The normalized spacial score (nSPS) is 24.1. The van der Waals surface area contributed by atoms with Gasteiger partial charge in [-0.3, -0.25) is 4.79 Å². The number of hydrogen-bond donors (Lipinski definition) is 0. The Balaban J connectivity index is 1.60. The number of carbonyl (C=O) groups is 1. The highest BCUT2D eigenvalue weighted by Gasteiger charge is 2.49. The van der Waals surface area contributed by atoms with Crippen molar-refractivity contribution in [2.45, 2.75) is 24.1 Å². The van der Waals surface area contributed by atoms with Crippen molar-refractivity contribution in [3.63, 3.8) is 0 Å². The molecule has 2 aromatic rings. The number of halogens is 2. The Labute approximate surface area is 187 Å². The smallest absolute Gasteiger partial charge is 0.248 e. The maximum absolute atomic E-state index is 12.5. The summed E-state index contributed by atoms with van der Waals surface area (Å²) in [6, 6.07) is 14.9. The van der Waals surface area contributed by atoms with Crippen molar-refractivity contribution in [1.29, 1.82) is 0 Å². The number of benzene rings is 2. The molecule has 1 amide bonds. The van der Waals surface area contributed by atoms with Gasteiger partial charge in [-0.15, -0.1) is 0 Å². The van der Waals surface area contributed by atoms with Crippen molar-refractivity contribution in [2.24, 2.45) is 4.99 Å². The van der Waals surface area contributed by atoms with Crippen LogP contribution in [0.15, 0.2) is 58.0 Å². The fourth-order valence-electron chi connectivity index (χ4n) is 3.58. The van der Waals surface area contributed by atoms with Gasteiger partial charge in [0, 0.05) is 16.1 Å². The molecule has 2 atom stereocenters. The summed E-state index contributed by atoms with van der Waals surface area (Å²) in [5.74, 6) is -0.101. The zero-order valence-corrected chi connectivity index (χ0v) is 19.3. The summed E-state index contributed by atoms with van der Waals surface area (Å²) in [4.78, 5) is 18.7. The van der Waals surface area contributed by atoms with Gasteiger partial charge in [0.2, 0.25) is 5.91 Å². The minimum Gasteiger partial charge on any atom is -0.314 e. The van der Waals surface area contributed by atoms with Crippen LogP contribution in [0.1, 0.15) is 12.0 Å². The Morgan fingerprint density at radius 1 is 1.21 bits per heavy atom. The van der Waals surface area contributed by atoms with Crippen molar-refractivity contribution >= 4 is 65.9 Å². The van der Waals surface area contributed by atoms with Crippen LogP contribution < -0.4 is 4.90 Å². The maximum atomic E-state index is 12.5. The Morgan fingerprint density at radius 2 is 1.97 bits per heavy atom. The Bertz CT molecular complexity index is 1080. The van der Waals surface area contributed by atoms with Crippen LogP contribution in [-0.4, -0.2) is 42.3 Å². The number of rotatable bonds is 4. The van der Waals surface area contributed by atoms with Crippen LogP contribution >= 0.6 is 39.3 Å². The van der Waals surface area contributed by atoms with Gasteiger partial charge in [0.05, 0.1) is 28.3 Å². The number of aliphatic imine (C=N–C) groups is 1. The second-order valence-electron chi connectivity index (χ2n) is 7.04. The van der Waals surface area contributed by atoms with Gasteiger partial charge in [0.1, 0.15) is 0 Å². The monoisotopic (exact) mass is 512 g/mol. The van der Waals surface area contributed by atoms with E-state index >= 15 is 0 Å². The van der Waals surface area contributed by atoms with Gasteiger partial charge in [0.25, 0.3) is 0 Å². The van der Waals surface area contributed by atoms with Crippen molar-refractivity contribution in [2.75, 3.05) is 16.4 Å². The highest BCUT2D eigenvalue weighted by molar-refractivity contribution is 9.10. The number of fused-ring (bicyclic) bond motifs is 1. The third-order valence-corrected chi connectivity index (χ3v) is 8.93. The lowest BCUT2D eigenvalue weighted by atomic mass is 10.1. The third kappa shape index (κ3) is 4.71. The first-order chi connectivity index (χ1) is 13.8. The lowest BCUT2D eigenvalue weighted by molar-refractivity contribution is -0.117. The fourth-order valence-corrected chi connectivity index (χ4v) is 8.27. The van der Waals surface area contributed by atoms with Crippen LogP contribution in [0.3, 0.4) is 0 Å². The molecule has 2 aliphatic rings. The van der Waals surface area contributed by atoms with Crippen molar-refractivity contribution in [3.8, 4) is 0 Å². The summed E-state index contributed by atoms with van der Waals surface area (Å²) in [7, 11) is -3.12. The first-order valence-corrected chi connectivity index (χ1v) is 13.0. The molecule has 2 saturated heterocycles. The van der Waals surface area contributed by atoms with E-state index in [9.17, 15) is 13.2 Å². The summed E-state index contributed by atoms with van der Waals surface area (Å²) in [6.07, 6.45) is 0.908. The summed E-state index contributed by atoms with van der Waals surface area (Å²) in [6.45, 7) is 0. The zero-order valence-electron chi connectivity index (χ0n) is 15.3. The van der Waals surface area contributed by atoms with Crippen LogP contribution in [0.25, 0.3) is 0 Å². The molecule has 0 bridgehead atoms. The molecular formula is C20H18BrClN2O3S2. The second-order valence-corrected chi connectivity index (χ2v) is 11.7. The minimum absolute atomic E-state index is 0.0360. The number of carbonyl (C=O) groups excluding carboxylic acids is 1. The van der Waals surface area contributed by atoms with Crippen LogP contribution in [-0.2, 0) is 21.1 Å². The van der Waals surface area contributed by atoms with Gasteiger partial charge in [0.15, 0.2) is 15.0 Å². The molecule has 152 valence electrons. The number of amidine groups is 1. The van der Waals surface area contributed by atoms with Gasteiger partial charge in [-0.25, -0.2) is 8.42 Å². The molecule has 0 N–H and O–H groups in total. The van der Waals surface area contributed by atoms with E-state index in [-0.39, 0.29) is 28.7 Å². The molecule has 5 nitrogen and oxygen atoms in total. The minimum atomic E-state index is -3.12. The highest BCUT2D eigenvalue weighted by Crippen LogP contribution is 2.43. The Hall–Kier alpha value is -1.35. The number of sulfone groups is 1. The summed E-state index contributed by atoms with van der Waals surface area (Å²) in [5, 5.41) is 0.854. The van der Waals surface area contributed by atoms with Crippen LogP contribution in [0.2, 0.25) is 5.02 Å². The van der Waals surface area contributed by atoms with Crippen molar-refractivity contribution in [3.05, 3.63) is 63.6 Å². The highest BCUT2D eigenvalue weighted by atomic mass is 79.9. The van der Waals surface area contributed by atoms with Crippen molar-refractivity contribution < 1.29 is 13.2 Å². The zero-order chi connectivity index (χ0) is 20.6. The van der Waals surface area contributed by atoms with E-state index in [1.807, 2.05) is 47.4 Å². The van der Waals surface area contributed by atoms with Crippen molar-refractivity contribution in [1.82, 2.24) is 0 Å². The van der Waals surface area contributed by atoms with Gasteiger partial charge < -0.3 is 4.90 Å². The van der Waals surface area contributed by atoms with E-state index in [1.54, 1.807) is 6.07 Å². The molecule has 2 heterocycles. The first kappa shape index (κ1) is 20.9. The standard InChI is InChI=1S/C20H18BrClN2O3S2/c21-14-7-8-16(15(22)10-14)24-17-11-29(26,27)12-18(17)28-20(24)23-19(25)9-6-13-4-2-1-3-5-13/h1-5,7-8,10,17-18H,6,9,11-12H2/t17-,18-/m0/s1. The molecule has 0 radical (unpaired) electrons. The molecule has 4 rings (SSSR count). The average Bonchev–Trinajstić information content (AvgIpc) is 3.12. The molecule has 2 aromatic carbocycles. The fraction of sp³-hybridized carbons (Fsp3) is 0.300. The Morgan fingerprint density at radius 3 is 2.69 bits per heavy atom. The SMILES string of the molecule is O=C(CCc1ccccc1)N=C1S[C@H]2CS(=O)(=O)C[C@@H]2N1c1ccc(Br)cc1Cl. The van der Waals surface area contributed by atoms with E-state index in [2.05, 4.69) is 20.9 Å². The molecule has 2 aliphatic heterocycles. The lowest BCUT2D eigenvalue weighted by Crippen LogP contribution is -2.38. The van der Waals surface area contributed by atoms with E-state index in [0.29, 0.717) is 28.7 Å². The van der Waals surface area contributed by atoms with E-state index in [1.165, 1.54) is 11.8 Å². The molecule has 2 fully saturated rings. The number of nitrogens with zero attached hydrogens (tertiary/aromatic N) is 2. The molecule has 29 heavy (non-hydrogen) atoms. The third-order valence-electron chi connectivity index (χ3n) is 4.93. The second kappa shape index (κ2) is 8.41. The predicted molar refractivity (Wildman–Crippen MR) is 123 cm³/mol. The van der Waals surface area contributed by atoms with Crippen LogP contribution in [0.5, 0.6) is 0 Å². The van der Waals surface area contributed by atoms with E-state index in [4.69, 9.17) is 11.6 Å². The number of hydrogen-bond acceptors (Lipinski definition) is 4. The number of aryl methyl sites for hydroxylation is 1. The summed E-state index contributed by atoms with van der Waals surface area (Å²) < 4.78 is 25.1. The van der Waals surface area contributed by atoms with Gasteiger partial charge in [-0.2, -0.15) is 4.99 Å². The molecule has 0 saturated carbocycles. The first-order valence-electron chi connectivity index (χ1n) is 9.09. The van der Waals surface area contributed by atoms with Crippen LogP contribution in [0, 0.1) is 0 Å². The van der Waals surface area contributed by atoms with Gasteiger partial charge in [-0.1, -0.05) is 69.6 Å². The lowest BCUT2D eigenvalue weighted by Gasteiger charge is -2.25. The predicted octanol–water partition coefficient (Wildman–Crippen LogP) is 4.34. The molecule has 0 aromatic heterocycles. The molecule has 0 unspecified atom stereocenters.